The number of benzene rings is 4. The maximum atomic E-state index is 13.1. The van der Waals surface area contributed by atoms with Crippen LogP contribution in [0.5, 0.6) is 0 Å². The van der Waals surface area contributed by atoms with Gasteiger partial charge < -0.3 is 16.9 Å². The first kappa shape index (κ1) is 34.8. The monoisotopic (exact) mass is 628 g/mol. The van der Waals surface area contributed by atoms with Crippen LogP contribution in [0.2, 0.25) is 0 Å². The molecule has 3 nitrogen and oxygen atoms in total. The SMILES string of the molecule is Nc1ccc(-c2ccccc2)c(C(F)(F)F)c1C(F)(F)F.Nc1ccc(-c2ccccc2)c(C(F)(F)F)c1C(F)(F)F.O. The van der Waals surface area contributed by atoms with Crippen molar-refractivity contribution in [3.05, 3.63) is 107 Å². The fraction of sp³-hybridized carbons (Fsp3) is 0.143. The molecular formula is C28H20F12N2O. The highest BCUT2D eigenvalue weighted by Gasteiger charge is 2.47. The van der Waals surface area contributed by atoms with Crippen LogP contribution in [-0.2, 0) is 24.7 Å². The Balaban J connectivity index is 0.000000293. The molecule has 0 aliphatic rings. The zero-order valence-corrected chi connectivity index (χ0v) is 21.3. The van der Waals surface area contributed by atoms with Crippen molar-refractivity contribution in [2.45, 2.75) is 24.7 Å². The van der Waals surface area contributed by atoms with Gasteiger partial charge in [-0.15, -0.1) is 0 Å². The third-order valence-corrected chi connectivity index (χ3v) is 5.78. The summed E-state index contributed by atoms with van der Waals surface area (Å²) in [7, 11) is 0. The summed E-state index contributed by atoms with van der Waals surface area (Å²) in [6.45, 7) is 0. The van der Waals surface area contributed by atoms with Crippen molar-refractivity contribution in [1.29, 1.82) is 0 Å². The molecule has 0 saturated carbocycles. The molecular weight excluding hydrogens is 608 g/mol. The van der Waals surface area contributed by atoms with Crippen LogP contribution in [0, 0.1) is 0 Å². The summed E-state index contributed by atoms with van der Waals surface area (Å²) < 4.78 is 157. The lowest BCUT2D eigenvalue weighted by Crippen LogP contribution is -2.20. The molecule has 4 aromatic carbocycles. The topological polar surface area (TPSA) is 83.5 Å². The van der Waals surface area contributed by atoms with Crippen LogP contribution in [0.4, 0.5) is 64.1 Å². The first-order valence-corrected chi connectivity index (χ1v) is 11.5. The minimum Gasteiger partial charge on any atom is -0.412 e. The van der Waals surface area contributed by atoms with Gasteiger partial charge in [-0.25, -0.2) is 0 Å². The van der Waals surface area contributed by atoms with Gasteiger partial charge in [0, 0.05) is 11.4 Å². The van der Waals surface area contributed by atoms with E-state index in [2.05, 4.69) is 0 Å². The summed E-state index contributed by atoms with van der Waals surface area (Å²) >= 11 is 0. The van der Waals surface area contributed by atoms with E-state index in [1.54, 1.807) is 12.1 Å². The van der Waals surface area contributed by atoms with Crippen LogP contribution in [-0.4, -0.2) is 5.48 Å². The summed E-state index contributed by atoms with van der Waals surface area (Å²) in [6.07, 6.45) is -20.7. The molecule has 232 valence electrons. The second-order valence-electron chi connectivity index (χ2n) is 8.63. The Kier molecular flexibility index (Phi) is 10.1. The summed E-state index contributed by atoms with van der Waals surface area (Å²) in [5.74, 6) is 0. The molecule has 0 spiro atoms. The molecule has 4 aromatic rings. The molecule has 0 radical (unpaired) electrons. The van der Waals surface area contributed by atoms with E-state index in [4.69, 9.17) is 11.5 Å². The van der Waals surface area contributed by atoms with Gasteiger partial charge in [-0.2, -0.15) is 52.7 Å². The van der Waals surface area contributed by atoms with Crippen LogP contribution in [0.25, 0.3) is 22.3 Å². The van der Waals surface area contributed by atoms with Gasteiger partial charge in [0.15, 0.2) is 0 Å². The normalized spacial score (nSPS) is 12.2. The second kappa shape index (κ2) is 12.5. The van der Waals surface area contributed by atoms with Gasteiger partial charge in [-0.05, 0) is 34.4 Å². The first-order valence-electron chi connectivity index (χ1n) is 11.5. The van der Waals surface area contributed by atoms with Crippen molar-refractivity contribution in [3.63, 3.8) is 0 Å². The van der Waals surface area contributed by atoms with E-state index < -0.39 is 69.5 Å². The number of halogens is 12. The maximum absolute atomic E-state index is 13.1. The highest BCUT2D eigenvalue weighted by atomic mass is 19.4. The summed E-state index contributed by atoms with van der Waals surface area (Å²) in [5.41, 5.74) is 0.109. The molecule has 0 aliphatic carbocycles. The first-order chi connectivity index (χ1) is 19.2. The fourth-order valence-corrected chi connectivity index (χ4v) is 4.15. The molecule has 0 heterocycles. The molecule has 0 fully saturated rings. The lowest BCUT2D eigenvalue weighted by Gasteiger charge is -2.21. The van der Waals surface area contributed by atoms with Gasteiger partial charge in [0.1, 0.15) is 0 Å². The molecule has 0 aliphatic heterocycles. The van der Waals surface area contributed by atoms with Crippen molar-refractivity contribution in [1.82, 2.24) is 0 Å². The quantitative estimate of drug-likeness (QED) is 0.172. The average molecular weight is 628 g/mol. The summed E-state index contributed by atoms with van der Waals surface area (Å²) in [4.78, 5) is 0. The Morgan fingerprint density at radius 2 is 0.605 bits per heavy atom. The number of hydrogen-bond acceptors (Lipinski definition) is 2. The van der Waals surface area contributed by atoms with Gasteiger partial charge in [0.2, 0.25) is 0 Å². The Hall–Kier alpha value is -4.40. The Morgan fingerprint density at radius 3 is 0.837 bits per heavy atom. The minimum absolute atomic E-state index is 0. The van der Waals surface area contributed by atoms with Crippen molar-refractivity contribution in [2.75, 3.05) is 11.5 Å². The van der Waals surface area contributed by atoms with E-state index in [9.17, 15) is 52.7 Å². The molecule has 0 bridgehead atoms. The Morgan fingerprint density at radius 1 is 0.349 bits per heavy atom. The van der Waals surface area contributed by atoms with E-state index in [0.717, 1.165) is 24.3 Å². The summed E-state index contributed by atoms with van der Waals surface area (Å²) in [5, 5.41) is 0. The lowest BCUT2D eigenvalue weighted by atomic mass is 9.93. The van der Waals surface area contributed by atoms with E-state index in [1.165, 1.54) is 48.5 Å². The smallest absolute Gasteiger partial charge is 0.412 e. The molecule has 0 amide bonds. The standard InChI is InChI=1S/2C14H9F6N.H2O/c2*15-13(16,17)11-9(8-4-2-1-3-5-8)6-7-10(21)12(11)14(18,19)20;/h2*1-7H,21H2;1H2. The Labute approximate surface area is 235 Å². The average Bonchev–Trinajstić information content (AvgIpc) is 2.87. The Bertz CT molecular complexity index is 1410. The lowest BCUT2D eigenvalue weighted by molar-refractivity contribution is -0.161. The zero-order chi connectivity index (χ0) is 31.7. The van der Waals surface area contributed by atoms with Gasteiger partial charge >= 0.3 is 24.7 Å². The van der Waals surface area contributed by atoms with Crippen LogP contribution < -0.4 is 11.5 Å². The molecule has 6 N–H and O–H groups in total. The van der Waals surface area contributed by atoms with E-state index in [0.29, 0.717) is 0 Å². The van der Waals surface area contributed by atoms with Crippen LogP contribution in [0.3, 0.4) is 0 Å². The van der Waals surface area contributed by atoms with Crippen molar-refractivity contribution >= 4 is 11.4 Å². The summed E-state index contributed by atoms with van der Waals surface area (Å²) in [6, 6.07) is 17.7. The predicted octanol–water partition coefficient (Wildman–Crippen LogP) is 9.12. The predicted molar refractivity (Wildman–Crippen MR) is 136 cm³/mol. The highest BCUT2D eigenvalue weighted by molar-refractivity contribution is 5.75. The van der Waals surface area contributed by atoms with Crippen molar-refractivity contribution < 1.29 is 58.2 Å². The minimum atomic E-state index is -5.19. The maximum Gasteiger partial charge on any atom is 0.419 e. The fourth-order valence-electron chi connectivity index (χ4n) is 4.15. The molecule has 0 aromatic heterocycles. The number of anilines is 2. The third-order valence-electron chi connectivity index (χ3n) is 5.78. The van der Waals surface area contributed by atoms with Crippen molar-refractivity contribution in [2.24, 2.45) is 0 Å². The van der Waals surface area contributed by atoms with E-state index in [1.807, 2.05) is 0 Å². The van der Waals surface area contributed by atoms with E-state index in [-0.39, 0.29) is 16.6 Å². The van der Waals surface area contributed by atoms with Crippen LogP contribution in [0.15, 0.2) is 84.9 Å². The number of hydrogen-bond donors (Lipinski definition) is 2. The van der Waals surface area contributed by atoms with Crippen LogP contribution in [0.1, 0.15) is 22.3 Å². The van der Waals surface area contributed by atoms with Gasteiger partial charge in [-0.3, -0.25) is 0 Å². The number of nitrogen functional groups attached to an aromatic ring is 2. The number of rotatable bonds is 2. The van der Waals surface area contributed by atoms with Gasteiger partial charge in [-0.1, -0.05) is 72.8 Å². The van der Waals surface area contributed by atoms with E-state index >= 15 is 0 Å². The molecule has 0 atom stereocenters. The molecule has 0 saturated heterocycles. The van der Waals surface area contributed by atoms with Gasteiger partial charge in [0.25, 0.3) is 0 Å². The molecule has 43 heavy (non-hydrogen) atoms. The van der Waals surface area contributed by atoms with Crippen molar-refractivity contribution in [3.8, 4) is 22.3 Å². The van der Waals surface area contributed by atoms with Gasteiger partial charge in [0.05, 0.1) is 22.3 Å². The van der Waals surface area contributed by atoms with Crippen LogP contribution >= 0.6 is 0 Å². The molecule has 0 unspecified atom stereocenters. The second-order valence-corrected chi connectivity index (χ2v) is 8.63. The number of alkyl halides is 12. The molecule has 4 rings (SSSR count). The third kappa shape index (κ3) is 7.91. The largest absolute Gasteiger partial charge is 0.419 e. The molecule has 15 heteroatoms. The zero-order valence-electron chi connectivity index (χ0n) is 21.3. The number of nitrogens with two attached hydrogens (primary N) is 2. The highest BCUT2D eigenvalue weighted by Crippen LogP contribution is 2.48.